The molecule has 1 aliphatic heterocycles. The number of pyridine rings is 1. The third kappa shape index (κ3) is 5.13. The van der Waals surface area contributed by atoms with Crippen LogP contribution in [0, 0.1) is 18.3 Å². The average Bonchev–Trinajstić information content (AvgIpc) is 3.57. The van der Waals surface area contributed by atoms with Gasteiger partial charge >= 0.3 is 6.18 Å². The number of carbonyl (C=O) groups excluding carboxylic acids is 2. The van der Waals surface area contributed by atoms with Crippen LogP contribution in [0.25, 0.3) is 5.82 Å². The maximum atomic E-state index is 13.7. The number of anilines is 1. The van der Waals surface area contributed by atoms with Crippen molar-refractivity contribution >= 4 is 29.1 Å². The van der Waals surface area contributed by atoms with Gasteiger partial charge in [-0.05, 0) is 49.6 Å². The van der Waals surface area contributed by atoms with Crippen LogP contribution in [0.15, 0.2) is 36.5 Å². The predicted molar refractivity (Wildman–Crippen MR) is 131 cm³/mol. The number of benzene rings is 1. The molecule has 0 unspecified atom stereocenters. The van der Waals surface area contributed by atoms with E-state index in [-0.39, 0.29) is 39.4 Å². The van der Waals surface area contributed by atoms with Gasteiger partial charge in [-0.2, -0.15) is 18.4 Å². The summed E-state index contributed by atoms with van der Waals surface area (Å²) in [5.41, 5.74) is -2.06. The summed E-state index contributed by atoms with van der Waals surface area (Å²) in [6.07, 6.45) is -1.75. The number of hydrogen-bond donors (Lipinski definition) is 2. The van der Waals surface area contributed by atoms with E-state index < -0.39 is 42.7 Å². The Kier molecular flexibility index (Phi) is 6.69. The minimum atomic E-state index is -4.76. The molecule has 1 saturated heterocycles. The quantitative estimate of drug-likeness (QED) is 0.447. The van der Waals surface area contributed by atoms with Crippen molar-refractivity contribution in [3.63, 3.8) is 0 Å². The number of carbonyl (C=O) groups is 2. The van der Waals surface area contributed by atoms with Gasteiger partial charge in [-0.15, -0.1) is 5.10 Å². The van der Waals surface area contributed by atoms with E-state index in [4.69, 9.17) is 21.1 Å². The second-order valence-electron chi connectivity index (χ2n) is 9.20. The van der Waals surface area contributed by atoms with Gasteiger partial charge in [-0.25, -0.2) is 9.67 Å². The molecule has 3 aromatic rings. The molecule has 2 aromatic heterocycles. The Balaban J connectivity index is 1.54. The summed E-state index contributed by atoms with van der Waals surface area (Å²) in [5, 5.41) is 19.0. The summed E-state index contributed by atoms with van der Waals surface area (Å²) in [4.78, 5) is 30.6. The summed E-state index contributed by atoms with van der Waals surface area (Å²) in [7, 11) is 0. The van der Waals surface area contributed by atoms with E-state index in [9.17, 15) is 28.0 Å². The van der Waals surface area contributed by atoms with E-state index in [1.807, 2.05) is 6.07 Å². The number of alkyl halides is 3. The standard InChI is InChI=1S/C25H20ClF3N6O4/c1-13-7-14(10-30)8-16(22(36)32-15-4-5-15)20(13)33-23(37)18-9-19(39-24(11-38-12-24)25(27,28)29)34-35(18)21-17(26)3-2-6-31-21/h2-3,6-9,15H,4-5,11-12H2,1H3,(H,32,36)(H,33,37). The molecule has 14 heteroatoms. The van der Waals surface area contributed by atoms with Crippen molar-refractivity contribution in [3.8, 4) is 17.8 Å². The molecule has 0 bridgehead atoms. The van der Waals surface area contributed by atoms with E-state index >= 15 is 0 Å². The first-order valence-corrected chi connectivity index (χ1v) is 12.1. The van der Waals surface area contributed by atoms with Crippen LogP contribution in [0.2, 0.25) is 5.02 Å². The summed E-state index contributed by atoms with van der Waals surface area (Å²) in [6.45, 7) is 0.133. The average molecular weight is 561 g/mol. The molecule has 39 heavy (non-hydrogen) atoms. The Labute approximate surface area is 224 Å². The fourth-order valence-electron chi connectivity index (χ4n) is 3.90. The van der Waals surface area contributed by atoms with Crippen molar-refractivity contribution in [1.82, 2.24) is 20.1 Å². The van der Waals surface area contributed by atoms with Gasteiger partial charge in [0, 0.05) is 18.3 Å². The lowest BCUT2D eigenvalue weighted by Gasteiger charge is -2.41. The maximum absolute atomic E-state index is 13.7. The lowest BCUT2D eigenvalue weighted by molar-refractivity contribution is -0.323. The number of ether oxygens (including phenoxy) is 2. The first-order valence-electron chi connectivity index (χ1n) is 11.7. The number of nitrogens with zero attached hydrogens (tertiary/aromatic N) is 4. The summed E-state index contributed by atoms with van der Waals surface area (Å²) in [5.74, 6) is -1.85. The molecular weight excluding hydrogens is 541 g/mol. The molecule has 2 fully saturated rings. The monoisotopic (exact) mass is 560 g/mol. The van der Waals surface area contributed by atoms with Gasteiger partial charge in [0.15, 0.2) is 5.82 Å². The van der Waals surface area contributed by atoms with E-state index in [0.29, 0.717) is 5.56 Å². The summed E-state index contributed by atoms with van der Waals surface area (Å²) in [6, 6.07) is 8.86. The van der Waals surface area contributed by atoms with Gasteiger partial charge in [0.05, 0.1) is 41.1 Å². The predicted octanol–water partition coefficient (Wildman–Crippen LogP) is 3.96. The topological polar surface area (TPSA) is 131 Å². The van der Waals surface area contributed by atoms with Gasteiger partial charge in [0.25, 0.3) is 17.4 Å². The van der Waals surface area contributed by atoms with E-state index in [0.717, 1.165) is 23.6 Å². The number of aromatic nitrogens is 3. The van der Waals surface area contributed by atoms with Gasteiger partial charge in [-0.1, -0.05) is 11.6 Å². The SMILES string of the molecule is Cc1cc(C#N)cc(C(=O)NC2CC2)c1NC(=O)c1cc(OC2(C(F)(F)F)COC2)nn1-c1ncccc1Cl. The molecule has 0 spiro atoms. The summed E-state index contributed by atoms with van der Waals surface area (Å²) < 4.78 is 52.0. The molecule has 2 amide bonds. The molecule has 0 atom stereocenters. The number of nitriles is 1. The van der Waals surface area contributed by atoms with Crippen LogP contribution in [0.1, 0.15) is 44.8 Å². The zero-order chi connectivity index (χ0) is 27.9. The molecule has 2 N–H and O–H groups in total. The zero-order valence-electron chi connectivity index (χ0n) is 20.3. The van der Waals surface area contributed by atoms with Crippen LogP contribution in [0.4, 0.5) is 18.9 Å². The number of amides is 2. The van der Waals surface area contributed by atoms with E-state index in [2.05, 4.69) is 20.7 Å². The first kappa shape index (κ1) is 26.5. The number of nitrogens with one attached hydrogen (secondary N) is 2. The van der Waals surface area contributed by atoms with Crippen molar-refractivity contribution in [2.45, 2.75) is 37.6 Å². The Bertz CT molecular complexity index is 1510. The highest BCUT2D eigenvalue weighted by atomic mass is 35.5. The molecule has 0 radical (unpaired) electrons. The fourth-order valence-corrected chi connectivity index (χ4v) is 4.10. The van der Waals surface area contributed by atoms with E-state index in [1.54, 1.807) is 6.92 Å². The van der Waals surface area contributed by atoms with Gasteiger partial charge in [0.1, 0.15) is 5.69 Å². The molecule has 2 aliphatic rings. The fraction of sp³-hybridized carbons (Fsp3) is 0.320. The molecule has 1 aliphatic carbocycles. The van der Waals surface area contributed by atoms with Gasteiger partial charge < -0.3 is 20.1 Å². The lowest BCUT2D eigenvalue weighted by atomic mass is 10.0. The number of aryl methyl sites for hydroxylation is 1. The third-order valence-electron chi connectivity index (χ3n) is 6.21. The second kappa shape index (κ2) is 9.87. The Morgan fingerprint density at radius 1 is 1.26 bits per heavy atom. The van der Waals surface area contributed by atoms with Crippen LogP contribution < -0.4 is 15.4 Å². The molecule has 1 aromatic carbocycles. The largest absolute Gasteiger partial charge is 0.455 e. The van der Waals surface area contributed by atoms with Crippen molar-refractivity contribution in [2.24, 2.45) is 0 Å². The van der Waals surface area contributed by atoms with E-state index in [1.165, 1.54) is 30.5 Å². The van der Waals surface area contributed by atoms with Crippen LogP contribution in [-0.2, 0) is 4.74 Å². The van der Waals surface area contributed by atoms with Crippen molar-refractivity contribution in [3.05, 3.63) is 63.9 Å². The first-order chi connectivity index (χ1) is 18.5. The van der Waals surface area contributed by atoms with Crippen LogP contribution in [0.5, 0.6) is 5.88 Å². The minimum Gasteiger partial charge on any atom is -0.455 e. The molecule has 202 valence electrons. The highest BCUT2D eigenvalue weighted by Gasteiger charge is 2.63. The van der Waals surface area contributed by atoms with Gasteiger partial charge in [-0.3, -0.25) is 9.59 Å². The van der Waals surface area contributed by atoms with Gasteiger partial charge in [0.2, 0.25) is 5.88 Å². The van der Waals surface area contributed by atoms with Crippen LogP contribution >= 0.6 is 11.6 Å². The number of halogens is 4. The zero-order valence-corrected chi connectivity index (χ0v) is 21.1. The normalized spacial score (nSPS) is 16.1. The Morgan fingerprint density at radius 3 is 2.59 bits per heavy atom. The highest BCUT2D eigenvalue weighted by Crippen LogP contribution is 2.40. The Hall–Kier alpha value is -4.15. The maximum Gasteiger partial charge on any atom is 0.432 e. The molecular formula is C25H20ClF3N6O4. The smallest absolute Gasteiger partial charge is 0.432 e. The minimum absolute atomic E-state index is 0.0102. The van der Waals surface area contributed by atoms with Crippen LogP contribution in [-0.4, -0.2) is 57.6 Å². The van der Waals surface area contributed by atoms with Crippen molar-refractivity contribution < 1.29 is 32.2 Å². The molecule has 1 saturated carbocycles. The number of rotatable bonds is 7. The summed E-state index contributed by atoms with van der Waals surface area (Å²) >= 11 is 6.25. The van der Waals surface area contributed by atoms with Crippen LogP contribution in [0.3, 0.4) is 0 Å². The lowest BCUT2D eigenvalue weighted by Crippen LogP contribution is -2.64. The molecule has 10 nitrogen and oxygen atoms in total. The molecule has 3 heterocycles. The Morgan fingerprint density at radius 2 is 2.00 bits per heavy atom. The third-order valence-corrected chi connectivity index (χ3v) is 6.50. The van der Waals surface area contributed by atoms with Crippen molar-refractivity contribution in [2.75, 3.05) is 18.5 Å². The van der Waals surface area contributed by atoms with Crippen molar-refractivity contribution in [1.29, 1.82) is 5.26 Å². The number of hydrogen-bond acceptors (Lipinski definition) is 7. The molecule has 5 rings (SSSR count). The second-order valence-corrected chi connectivity index (χ2v) is 9.61. The highest BCUT2D eigenvalue weighted by molar-refractivity contribution is 6.32.